The van der Waals surface area contributed by atoms with E-state index >= 15 is 0 Å². The van der Waals surface area contributed by atoms with Gasteiger partial charge in [0, 0.05) is 25.7 Å². The summed E-state index contributed by atoms with van der Waals surface area (Å²) in [5.74, 6) is 0. The Hall–Kier alpha value is -0.120. The highest BCUT2D eigenvalue weighted by Crippen LogP contribution is 2.07. The average Bonchev–Trinajstić information content (AvgIpc) is 2.72. The molecule has 0 aromatic rings. The van der Waals surface area contributed by atoms with Gasteiger partial charge in [-0.3, -0.25) is 0 Å². The topological polar surface area (TPSA) is 24.5 Å². The molecule has 2 aliphatic heterocycles. The molecular formula is C11H22N2O. The van der Waals surface area contributed by atoms with E-state index in [1.807, 2.05) is 0 Å². The molecule has 14 heavy (non-hydrogen) atoms. The van der Waals surface area contributed by atoms with E-state index in [-0.39, 0.29) is 0 Å². The minimum atomic E-state index is 0.617. The third-order valence-electron chi connectivity index (χ3n) is 3.22. The Bertz CT molecular complexity index is 151. The smallest absolute Gasteiger partial charge is 0.0619 e. The van der Waals surface area contributed by atoms with Gasteiger partial charge in [0.15, 0.2) is 0 Å². The van der Waals surface area contributed by atoms with Gasteiger partial charge in [0.1, 0.15) is 0 Å². The van der Waals surface area contributed by atoms with E-state index < -0.39 is 0 Å². The summed E-state index contributed by atoms with van der Waals surface area (Å²) in [6.45, 7) is 6.85. The van der Waals surface area contributed by atoms with Crippen LogP contribution in [-0.4, -0.2) is 50.3 Å². The van der Waals surface area contributed by atoms with Crippen LogP contribution in [0.4, 0.5) is 0 Å². The quantitative estimate of drug-likeness (QED) is 0.725. The molecule has 0 aromatic carbocycles. The summed E-state index contributed by atoms with van der Waals surface area (Å²) in [5.41, 5.74) is 0. The first-order valence-electron chi connectivity index (χ1n) is 5.98. The second-order valence-electron chi connectivity index (χ2n) is 4.42. The van der Waals surface area contributed by atoms with Gasteiger partial charge in [-0.15, -0.1) is 0 Å². The summed E-state index contributed by atoms with van der Waals surface area (Å²) >= 11 is 0. The Balaban J connectivity index is 1.52. The van der Waals surface area contributed by atoms with Crippen LogP contribution in [0.5, 0.6) is 0 Å². The lowest BCUT2D eigenvalue weighted by Crippen LogP contribution is -2.40. The molecule has 2 aliphatic rings. The minimum Gasteiger partial charge on any atom is -0.380 e. The van der Waals surface area contributed by atoms with Gasteiger partial charge in [0.05, 0.1) is 6.61 Å². The van der Waals surface area contributed by atoms with Gasteiger partial charge in [0.2, 0.25) is 0 Å². The van der Waals surface area contributed by atoms with Crippen LogP contribution in [0.15, 0.2) is 0 Å². The van der Waals surface area contributed by atoms with E-state index in [9.17, 15) is 0 Å². The fourth-order valence-corrected chi connectivity index (χ4v) is 2.33. The maximum Gasteiger partial charge on any atom is 0.0619 e. The zero-order chi connectivity index (χ0) is 9.64. The predicted molar refractivity (Wildman–Crippen MR) is 57.5 cm³/mol. The molecule has 0 saturated carbocycles. The molecule has 1 N–H and O–H groups in total. The normalized spacial score (nSPS) is 29.6. The highest BCUT2D eigenvalue weighted by Gasteiger charge is 2.14. The molecule has 3 nitrogen and oxygen atoms in total. The third kappa shape index (κ3) is 3.23. The van der Waals surface area contributed by atoms with Gasteiger partial charge in [-0.1, -0.05) is 0 Å². The molecule has 2 heterocycles. The number of hydrogen-bond acceptors (Lipinski definition) is 3. The number of likely N-dealkylation sites (tertiary alicyclic amines) is 1. The van der Waals surface area contributed by atoms with Crippen molar-refractivity contribution < 1.29 is 4.74 Å². The average molecular weight is 198 g/mol. The van der Waals surface area contributed by atoms with Gasteiger partial charge in [-0.25, -0.2) is 0 Å². The van der Waals surface area contributed by atoms with E-state index in [0.717, 1.165) is 19.8 Å². The number of hydrogen-bond donors (Lipinski definition) is 1. The Morgan fingerprint density at radius 2 is 2.07 bits per heavy atom. The van der Waals surface area contributed by atoms with Gasteiger partial charge in [-0.2, -0.15) is 0 Å². The molecule has 2 rings (SSSR count). The van der Waals surface area contributed by atoms with Crippen molar-refractivity contribution in [3.05, 3.63) is 0 Å². The van der Waals surface area contributed by atoms with Crippen LogP contribution < -0.4 is 5.32 Å². The molecule has 0 aromatic heterocycles. The molecule has 0 aliphatic carbocycles. The number of nitrogens with one attached hydrogen (secondary N) is 1. The summed E-state index contributed by atoms with van der Waals surface area (Å²) in [5, 5.41) is 3.58. The highest BCUT2D eigenvalue weighted by molar-refractivity contribution is 4.72. The first kappa shape index (κ1) is 10.4. The first-order valence-corrected chi connectivity index (χ1v) is 5.98. The van der Waals surface area contributed by atoms with E-state index in [2.05, 4.69) is 10.2 Å². The zero-order valence-electron chi connectivity index (χ0n) is 9.00. The van der Waals surface area contributed by atoms with Crippen molar-refractivity contribution in [3.63, 3.8) is 0 Å². The van der Waals surface area contributed by atoms with Crippen LogP contribution in [0.2, 0.25) is 0 Å². The SMILES string of the molecule is C1COCC(NCCN2CCCC2)C1. The molecule has 2 saturated heterocycles. The summed E-state index contributed by atoms with van der Waals surface area (Å²) in [6, 6.07) is 0.617. The maximum atomic E-state index is 5.43. The number of ether oxygens (including phenoxy) is 1. The minimum absolute atomic E-state index is 0.617. The van der Waals surface area contributed by atoms with Gasteiger partial charge < -0.3 is 15.0 Å². The second kappa shape index (κ2) is 5.69. The van der Waals surface area contributed by atoms with E-state index in [1.54, 1.807) is 0 Å². The van der Waals surface area contributed by atoms with Crippen molar-refractivity contribution in [2.75, 3.05) is 39.4 Å². The van der Waals surface area contributed by atoms with Crippen LogP contribution in [0.3, 0.4) is 0 Å². The Morgan fingerprint density at radius 3 is 2.79 bits per heavy atom. The fourth-order valence-electron chi connectivity index (χ4n) is 2.33. The van der Waals surface area contributed by atoms with E-state index in [0.29, 0.717) is 6.04 Å². The second-order valence-corrected chi connectivity index (χ2v) is 4.42. The largest absolute Gasteiger partial charge is 0.380 e. The van der Waals surface area contributed by atoms with Crippen molar-refractivity contribution in [2.45, 2.75) is 31.7 Å². The summed E-state index contributed by atoms with van der Waals surface area (Å²) in [4.78, 5) is 2.55. The van der Waals surface area contributed by atoms with Gasteiger partial charge >= 0.3 is 0 Å². The maximum absolute atomic E-state index is 5.43. The van der Waals surface area contributed by atoms with Crippen LogP contribution >= 0.6 is 0 Å². The van der Waals surface area contributed by atoms with Crippen molar-refractivity contribution in [1.29, 1.82) is 0 Å². The molecule has 3 heteroatoms. The summed E-state index contributed by atoms with van der Waals surface area (Å²) in [6.07, 6.45) is 5.31. The van der Waals surface area contributed by atoms with Crippen molar-refractivity contribution >= 4 is 0 Å². The van der Waals surface area contributed by atoms with E-state index in [1.165, 1.54) is 45.3 Å². The lowest BCUT2D eigenvalue weighted by molar-refractivity contribution is 0.0698. The number of rotatable bonds is 4. The van der Waals surface area contributed by atoms with E-state index in [4.69, 9.17) is 4.74 Å². The molecule has 1 unspecified atom stereocenters. The molecular weight excluding hydrogens is 176 g/mol. The van der Waals surface area contributed by atoms with Gasteiger partial charge in [0.25, 0.3) is 0 Å². The monoisotopic (exact) mass is 198 g/mol. The Kier molecular flexibility index (Phi) is 4.22. The van der Waals surface area contributed by atoms with Crippen LogP contribution in [-0.2, 0) is 4.74 Å². The van der Waals surface area contributed by atoms with Crippen molar-refractivity contribution in [2.24, 2.45) is 0 Å². The molecule has 82 valence electrons. The summed E-state index contributed by atoms with van der Waals surface area (Å²) < 4.78 is 5.43. The highest BCUT2D eigenvalue weighted by atomic mass is 16.5. The lowest BCUT2D eigenvalue weighted by atomic mass is 10.1. The lowest BCUT2D eigenvalue weighted by Gasteiger charge is -2.24. The zero-order valence-corrected chi connectivity index (χ0v) is 9.00. The van der Waals surface area contributed by atoms with Crippen molar-refractivity contribution in [1.82, 2.24) is 10.2 Å². The van der Waals surface area contributed by atoms with Crippen molar-refractivity contribution in [3.8, 4) is 0 Å². The number of nitrogens with zero attached hydrogens (tertiary/aromatic N) is 1. The molecule has 2 fully saturated rings. The molecule has 0 bridgehead atoms. The Labute approximate surface area is 86.8 Å². The molecule has 0 spiro atoms. The summed E-state index contributed by atoms with van der Waals surface area (Å²) in [7, 11) is 0. The predicted octanol–water partition coefficient (Wildman–Crippen LogP) is 0.851. The van der Waals surface area contributed by atoms with Crippen LogP contribution in [0, 0.1) is 0 Å². The molecule has 1 atom stereocenters. The Morgan fingerprint density at radius 1 is 1.21 bits per heavy atom. The van der Waals surface area contributed by atoms with Crippen LogP contribution in [0.25, 0.3) is 0 Å². The van der Waals surface area contributed by atoms with Crippen LogP contribution in [0.1, 0.15) is 25.7 Å². The third-order valence-corrected chi connectivity index (χ3v) is 3.22. The molecule has 0 radical (unpaired) electrons. The first-order chi connectivity index (χ1) is 6.95. The van der Waals surface area contributed by atoms with Gasteiger partial charge in [-0.05, 0) is 38.8 Å². The standard InChI is InChI=1S/C11H22N2O/c1-2-7-13(6-1)8-5-12-11-4-3-9-14-10-11/h11-12H,1-10H2. The fraction of sp³-hybridized carbons (Fsp3) is 1.00. The molecule has 0 amide bonds.